The van der Waals surface area contributed by atoms with Crippen molar-refractivity contribution in [3.63, 3.8) is 0 Å². The number of hydrogen-bond donors (Lipinski definition) is 0. The van der Waals surface area contributed by atoms with Gasteiger partial charge in [-0.3, -0.25) is 10.1 Å². The van der Waals surface area contributed by atoms with Crippen LogP contribution in [0, 0.1) is 10.1 Å². The van der Waals surface area contributed by atoms with Gasteiger partial charge in [0.25, 0.3) is 5.69 Å². The number of hydrogen-bond acceptors (Lipinski definition) is 4. The minimum atomic E-state index is -0.522. The summed E-state index contributed by atoms with van der Waals surface area (Å²) in [4.78, 5) is 10.0. The Balaban J connectivity index is 2.88. The molecule has 0 amide bonds. The lowest BCUT2D eigenvalue weighted by atomic mass is 10.2. The first-order valence-corrected chi connectivity index (χ1v) is 3.76. The molecule has 2 aromatic rings. The summed E-state index contributed by atoms with van der Waals surface area (Å²) >= 11 is 5.61. The Labute approximate surface area is 77.0 Å². The number of non-ortho nitro benzene ring substituents is 1. The van der Waals surface area contributed by atoms with E-state index in [-0.39, 0.29) is 16.2 Å². The molecule has 0 bridgehead atoms. The highest BCUT2D eigenvalue weighted by Gasteiger charge is 2.18. The summed E-state index contributed by atoms with van der Waals surface area (Å²) in [6, 6.07) is 4.44. The number of rotatable bonds is 1. The summed E-state index contributed by atoms with van der Waals surface area (Å²) < 4.78 is 4.75. The molecule has 0 fully saturated rings. The van der Waals surface area contributed by atoms with Crippen LogP contribution in [-0.4, -0.2) is 10.1 Å². The van der Waals surface area contributed by atoms with Gasteiger partial charge in [-0.25, -0.2) is 0 Å². The number of halogens is 1. The molecule has 0 unspecified atom stereocenters. The molecule has 0 atom stereocenters. The minimum Gasteiger partial charge on any atom is -0.354 e. The third-order valence-electron chi connectivity index (χ3n) is 1.63. The van der Waals surface area contributed by atoms with Crippen LogP contribution in [0.5, 0.6) is 0 Å². The van der Waals surface area contributed by atoms with E-state index in [0.717, 1.165) is 0 Å². The van der Waals surface area contributed by atoms with E-state index in [4.69, 9.17) is 16.1 Å². The molecule has 0 aliphatic heterocycles. The van der Waals surface area contributed by atoms with Gasteiger partial charge in [0.2, 0.25) is 0 Å². The van der Waals surface area contributed by atoms with Crippen molar-refractivity contribution in [1.82, 2.24) is 5.16 Å². The summed E-state index contributed by atoms with van der Waals surface area (Å²) in [6.07, 6.45) is 0. The van der Waals surface area contributed by atoms with E-state index in [1.165, 1.54) is 12.1 Å². The molecule has 2 rings (SSSR count). The van der Waals surface area contributed by atoms with Crippen LogP contribution in [0.3, 0.4) is 0 Å². The number of aromatic nitrogens is 1. The number of nitrogens with zero attached hydrogens (tertiary/aromatic N) is 2. The zero-order valence-electron chi connectivity index (χ0n) is 6.23. The Bertz CT molecular complexity index is 480. The molecule has 6 heteroatoms. The van der Waals surface area contributed by atoms with E-state index < -0.39 is 4.92 Å². The van der Waals surface area contributed by atoms with Crippen molar-refractivity contribution >= 4 is 28.3 Å². The van der Waals surface area contributed by atoms with Crippen molar-refractivity contribution in [3.05, 3.63) is 33.5 Å². The van der Waals surface area contributed by atoms with Crippen molar-refractivity contribution in [3.8, 4) is 0 Å². The van der Waals surface area contributed by atoms with E-state index in [0.29, 0.717) is 5.58 Å². The van der Waals surface area contributed by atoms with Gasteiger partial charge < -0.3 is 4.52 Å². The second-order valence-electron chi connectivity index (χ2n) is 2.38. The Morgan fingerprint density at radius 1 is 1.54 bits per heavy atom. The standard InChI is InChI=1S/C7H3ClN2O3/c8-7-6-4(10(11)12)2-1-3-5(6)13-9-7/h1-3H. The molecular weight excluding hydrogens is 196 g/mol. The molecule has 66 valence electrons. The fraction of sp³-hybridized carbons (Fsp3) is 0. The van der Waals surface area contributed by atoms with Crippen molar-refractivity contribution < 1.29 is 9.45 Å². The van der Waals surface area contributed by atoms with Gasteiger partial charge in [0.1, 0.15) is 5.39 Å². The lowest BCUT2D eigenvalue weighted by Crippen LogP contribution is -1.87. The predicted molar refractivity (Wildman–Crippen MR) is 45.7 cm³/mol. The molecule has 0 N–H and O–H groups in total. The highest BCUT2D eigenvalue weighted by atomic mass is 35.5. The van der Waals surface area contributed by atoms with E-state index in [9.17, 15) is 10.1 Å². The van der Waals surface area contributed by atoms with Gasteiger partial charge in [-0.2, -0.15) is 0 Å². The number of fused-ring (bicyclic) bond motifs is 1. The third-order valence-corrected chi connectivity index (χ3v) is 1.89. The van der Waals surface area contributed by atoms with Crippen LogP contribution in [0.2, 0.25) is 5.15 Å². The molecule has 5 nitrogen and oxygen atoms in total. The van der Waals surface area contributed by atoms with Crippen molar-refractivity contribution in [2.45, 2.75) is 0 Å². The van der Waals surface area contributed by atoms with Crippen LogP contribution in [0.1, 0.15) is 0 Å². The van der Waals surface area contributed by atoms with Crippen LogP contribution >= 0.6 is 11.6 Å². The fourth-order valence-electron chi connectivity index (χ4n) is 1.09. The molecule has 0 spiro atoms. The largest absolute Gasteiger partial charge is 0.354 e. The molecule has 13 heavy (non-hydrogen) atoms. The van der Waals surface area contributed by atoms with Gasteiger partial charge in [-0.1, -0.05) is 22.8 Å². The highest BCUT2D eigenvalue weighted by Crippen LogP contribution is 2.30. The quantitative estimate of drug-likeness (QED) is 0.521. The van der Waals surface area contributed by atoms with Gasteiger partial charge in [0.05, 0.1) is 4.92 Å². The van der Waals surface area contributed by atoms with Crippen LogP contribution < -0.4 is 0 Å². The van der Waals surface area contributed by atoms with E-state index in [1.807, 2.05) is 0 Å². The normalized spacial score (nSPS) is 10.5. The average molecular weight is 199 g/mol. The Kier molecular flexibility index (Phi) is 1.66. The van der Waals surface area contributed by atoms with Gasteiger partial charge in [0.15, 0.2) is 10.7 Å². The van der Waals surface area contributed by atoms with E-state index >= 15 is 0 Å². The SMILES string of the molecule is O=[N+]([O-])c1cccc2onc(Cl)c12. The van der Waals surface area contributed by atoms with Crippen LogP contribution in [0.25, 0.3) is 11.0 Å². The molecule has 0 aliphatic rings. The molecule has 0 saturated heterocycles. The smallest absolute Gasteiger partial charge is 0.283 e. The lowest BCUT2D eigenvalue weighted by molar-refractivity contribution is -0.383. The molecule has 1 aromatic carbocycles. The zero-order chi connectivity index (χ0) is 9.42. The average Bonchev–Trinajstić information content (AvgIpc) is 2.48. The second kappa shape index (κ2) is 2.70. The minimum absolute atomic E-state index is 0.0160. The summed E-state index contributed by atoms with van der Waals surface area (Å²) in [6.45, 7) is 0. The Morgan fingerprint density at radius 2 is 2.31 bits per heavy atom. The highest BCUT2D eigenvalue weighted by molar-refractivity contribution is 6.34. The number of benzene rings is 1. The molecular formula is C7H3ClN2O3. The van der Waals surface area contributed by atoms with Gasteiger partial charge >= 0.3 is 0 Å². The molecule has 1 aromatic heterocycles. The first-order chi connectivity index (χ1) is 6.20. The van der Waals surface area contributed by atoms with Gasteiger partial charge in [-0.05, 0) is 6.07 Å². The van der Waals surface area contributed by atoms with Crippen molar-refractivity contribution in [2.75, 3.05) is 0 Å². The second-order valence-corrected chi connectivity index (χ2v) is 2.74. The van der Waals surface area contributed by atoms with Crippen molar-refractivity contribution in [2.24, 2.45) is 0 Å². The van der Waals surface area contributed by atoms with Crippen molar-refractivity contribution in [1.29, 1.82) is 0 Å². The van der Waals surface area contributed by atoms with E-state index in [2.05, 4.69) is 5.16 Å². The summed E-state index contributed by atoms with van der Waals surface area (Å²) in [7, 11) is 0. The first kappa shape index (κ1) is 8.00. The van der Waals surface area contributed by atoms with Crippen LogP contribution in [0.15, 0.2) is 22.7 Å². The predicted octanol–water partition coefficient (Wildman–Crippen LogP) is 2.39. The maximum Gasteiger partial charge on any atom is 0.283 e. The van der Waals surface area contributed by atoms with E-state index in [1.54, 1.807) is 6.07 Å². The Morgan fingerprint density at radius 3 is 3.00 bits per heavy atom. The third kappa shape index (κ3) is 1.13. The summed E-state index contributed by atoms with van der Waals surface area (Å²) in [5.41, 5.74) is 0.225. The first-order valence-electron chi connectivity index (χ1n) is 3.38. The monoisotopic (exact) mass is 198 g/mol. The summed E-state index contributed by atoms with van der Waals surface area (Å²) in [5.74, 6) is 0. The molecule has 0 aliphatic carbocycles. The molecule has 1 heterocycles. The van der Waals surface area contributed by atoms with Gasteiger partial charge in [0, 0.05) is 6.07 Å². The number of nitro benzene ring substituents is 1. The lowest BCUT2D eigenvalue weighted by Gasteiger charge is -1.90. The topological polar surface area (TPSA) is 69.2 Å². The summed E-state index contributed by atoms with van der Waals surface area (Å²) in [5, 5.41) is 14.2. The molecule has 0 saturated carbocycles. The zero-order valence-corrected chi connectivity index (χ0v) is 6.99. The maximum atomic E-state index is 10.5. The Hall–Kier alpha value is -1.62. The molecule has 0 radical (unpaired) electrons. The fourth-order valence-corrected chi connectivity index (χ4v) is 1.31. The number of nitro groups is 1. The maximum absolute atomic E-state index is 10.5. The van der Waals surface area contributed by atoms with Crippen LogP contribution in [-0.2, 0) is 0 Å². The van der Waals surface area contributed by atoms with Crippen LogP contribution in [0.4, 0.5) is 5.69 Å². The van der Waals surface area contributed by atoms with Gasteiger partial charge in [-0.15, -0.1) is 0 Å².